The van der Waals surface area contributed by atoms with Crippen LogP contribution in [0.4, 0.5) is 11.4 Å². The van der Waals surface area contributed by atoms with Crippen LogP contribution in [-0.2, 0) is 0 Å². The molecule has 0 aliphatic carbocycles. The molecule has 0 atom stereocenters. The average molecular weight is 290 g/mol. The first kappa shape index (κ1) is 13.9. The SMILES string of the molecule is NC(=O)c1ccccc1NC(=O)c1cc(N)ccc1Cl. The van der Waals surface area contributed by atoms with Crippen LogP contribution in [0.5, 0.6) is 0 Å². The third-order valence-electron chi connectivity index (χ3n) is 2.68. The van der Waals surface area contributed by atoms with Crippen molar-refractivity contribution in [2.75, 3.05) is 11.1 Å². The van der Waals surface area contributed by atoms with Gasteiger partial charge in [0.2, 0.25) is 0 Å². The second-order valence-electron chi connectivity index (χ2n) is 4.10. The lowest BCUT2D eigenvalue weighted by Crippen LogP contribution is -2.18. The summed E-state index contributed by atoms with van der Waals surface area (Å²) in [5.41, 5.74) is 12.1. The number of halogens is 1. The van der Waals surface area contributed by atoms with Gasteiger partial charge in [-0.25, -0.2) is 0 Å². The minimum atomic E-state index is -0.625. The van der Waals surface area contributed by atoms with Gasteiger partial charge in [0.25, 0.3) is 11.8 Å². The minimum absolute atomic E-state index is 0.223. The summed E-state index contributed by atoms with van der Waals surface area (Å²) >= 11 is 5.95. The average Bonchev–Trinajstić information content (AvgIpc) is 2.41. The van der Waals surface area contributed by atoms with E-state index in [1.165, 1.54) is 18.2 Å². The molecule has 0 aromatic heterocycles. The first-order chi connectivity index (χ1) is 9.49. The van der Waals surface area contributed by atoms with Gasteiger partial charge in [-0.05, 0) is 30.3 Å². The zero-order valence-corrected chi connectivity index (χ0v) is 11.1. The maximum atomic E-state index is 12.2. The Labute approximate surface area is 120 Å². The number of carbonyl (C=O) groups excluding carboxylic acids is 2. The number of primary amides is 1. The molecule has 2 aromatic rings. The summed E-state index contributed by atoms with van der Waals surface area (Å²) in [5, 5.41) is 2.87. The van der Waals surface area contributed by atoms with Gasteiger partial charge in [0.15, 0.2) is 0 Å². The highest BCUT2D eigenvalue weighted by molar-refractivity contribution is 6.34. The van der Waals surface area contributed by atoms with Gasteiger partial charge in [-0.15, -0.1) is 0 Å². The maximum Gasteiger partial charge on any atom is 0.257 e. The highest BCUT2D eigenvalue weighted by Crippen LogP contribution is 2.21. The van der Waals surface area contributed by atoms with Crippen molar-refractivity contribution in [2.45, 2.75) is 0 Å². The number of rotatable bonds is 3. The highest BCUT2D eigenvalue weighted by Gasteiger charge is 2.14. The fourth-order valence-corrected chi connectivity index (χ4v) is 1.92. The molecule has 5 N–H and O–H groups in total. The topological polar surface area (TPSA) is 98.2 Å². The van der Waals surface area contributed by atoms with E-state index in [1.54, 1.807) is 24.3 Å². The number of hydrogen-bond donors (Lipinski definition) is 3. The van der Waals surface area contributed by atoms with E-state index in [1.807, 2.05) is 0 Å². The summed E-state index contributed by atoms with van der Waals surface area (Å²) in [7, 11) is 0. The van der Waals surface area contributed by atoms with Crippen molar-refractivity contribution in [3.05, 3.63) is 58.6 Å². The van der Waals surface area contributed by atoms with Crippen LogP contribution < -0.4 is 16.8 Å². The molecular formula is C14H12ClN3O2. The molecule has 0 unspecified atom stereocenters. The number of nitrogens with one attached hydrogen (secondary N) is 1. The predicted molar refractivity (Wildman–Crippen MR) is 78.8 cm³/mol. The highest BCUT2D eigenvalue weighted by atomic mass is 35.5. The van der Waals surface area contributed by atoms with Crippen LogP contribution >= 0.6 is 11.6 Å². The molecule has 102 valence electrons. The summed E-state index contributed by atoms with van der Waals surface area (Å²) in [6, 6.07) is 11.0. The van der Waals surface area contributed by atoms with Gasteiger partial charge in [-0.2, -0.15) is 0 Å². The van der Waals surface area contributed by atoms with Crippen molar-refractivity contribution in [1.29, 1.82) is 0 Å². The molecule has 0 spiro atoms. The van der Waals surface area contributed by atoms with Crippen molar-refractivity contribution in [3.63, 3.8) is 0 Å². The van der Waals surface area contributed by atoms with Crippen LogP contribution in [0.3, 0.4) is 0 Å². The number of carbonyl (C=O) groups is 2. The van der Waals surface area contributed by atoms with E-state index < -0.39 is 11.8 Å². The minimum Gasteiger partial charge on any atom is -0.399 e. The Morgan fingerprint density at radius 1 is 1.05 bits per heavy atom. The van der Waals surface area contributed by atoms with Gasteiger partial charge >= 0.3 is 0 Å². The first-order valence-electron chi connectivity index (χ1n) is 5.74. The summed E-state index contributed by atoms with van der Waals surface area (Å²) in [5.74, 6) is -1.09. The van der Waals surface area contributed by atoms with Crippen molar-refractivity contribution in [2.24, 2.45) is 5.73 Å². The number of hydrogen-bond acceptors (Lipinski definition) is 3. The fourth-order valence-electron chi connectivity index (χ4n) is 1.71. The zero-order chi connectivity index (χ0) is 14.7. The second-order valence-corrected chi connectivity index (χ2v) is 4.51. The van der Waals surface area contributed by atoms with Crippen LogP contribution in [0, 0.1) is 0 Å². The van der Waals surface area contributed by atoms with Gasteiger partial charge in [0.05, 0.1) is 21.8 Å². The number of para-hydroxylation sites is 1. The normalized spacial score (nSPS) is 10.1. The van der Waals surface area contributed by atoms with Gasteiger partial charge < -0.3 is 16.8 Å². The Hall–Kier alpha value is -2.53. The molecular weight excluding hydrogens is 278 g/mol. The quantitative estimate of drug-likeness (QED) is 0.756. The van der Waals surface area contributed by atoms with E-state index in [0.717, 1.165) is 0 Å². The fraction of sp³-hybridized carbons (Fsp3) is 0. The molecule has 0 bridgehead atoms. The predicted octanol–water partition coefficient (Wildman–Crippen LogP) is 2.27. The Morgan fingerprint density at radius 2 is 1.75 bits per heavy atom. The summed E-state index contributed by atoms with van der Waals surface area (Å²) < 4.78 is 0. The Morgan fingerprint density at radius 3 is 2.45 bits per heavy atom. The molecule has 0 radical (unpaired) electrons. The second kappa shape index (κ2) is 5.63. The van der Waals surface area contributed by atoms with Crippen LogP contribution in [0.1, 0.15) is 20.7 Å². The standard InChI is InChI=1S/C14H12ClN3O2/c15-11-6-5-8(16)7-10(11)14(20)18-12-4-2-1-3-9(12)13(17)19/h1-7H,16H2,(H2,17,19)(H,18,20). The molecule has 0 fully saturated rings. The molecule has 0 saturated carbocycles. The van der Waals surface area contributed by atoms with Crippen molar-refractivity contribution in [1.82, 2.24) is 0 Å². The molecule has 2 rings (SSSR count). The summed E-state index contributed by atoms with van der Waals surface area (Å²) in [6.45, 7) is 0. The van der Waals surface area contributed by atoms with Gasteiger partial charge in [0.1, 0.15) is 0 Å². The number of amides is 2. The van der Waals surface area contributed by atoms with E-state index in [-0.39, 0.29) is 16.1 Å². The van der Waals surface area contributed by atoms with Gasteiger partial charge in [0, 0.05) is 5.69 Å². The number of anilines is 2. The van der Waals surface area contributed by atoms with E-state index >= 15 is 0 Å². The van der Waals surface area contributed by atoms with Gasteiger partial charge in [-0.3, -0.25) is 9.59 Å². The first-order valence-corrected chi connectivity index (χ1v) is 6.12. The van der Waals surface area contributed by atoms with Crippen LogP contribution in [0.15, 0.2) is 42.5 Å². The summed E-state index contributed by atoms with van der Waals surface area (Å²) in [6.07, 6.45) is 0. The van der Waals surface area contributed by atoms with E-state index in [9.17, 15) is 9.59 Å². The summed E-state index contributed by atoms with van der Waals surface area (Å²) in [4.78, 5) is 23.4. The Kier molecular flexibility index (Phi) is 3.91. The zero-order valence-electron chi connectivity index (χ0n) is 10.4. The molecule has 5 nitrogen and oxygen atoms in total. The van der Waals surface area contributed by atoms with Crippen molar-refractivity contribution in [3.8, 4) is 0 Å². The molecule has 0 aliphatic heterocycles. The smallest absolute Gasteiger partial charge is 0.257 e. The monoisotopic (exact) mass is 289 g/mol. The van der Waals surface area contributed by atoms with Crippen LogP contribution in [0.2, 0.25) is 5.02 Å². The number of nitrogens with two attached hydrogens (primary N) is 2. The van der Waals surface area contributed by atoms with Crippen LogP contribution in [0.25, 0.3) is 0 Å². The molecule has 2 amide bonds. The lowest BCUT2D eigenvalue weighted by molar-refractivity contribution is 0.100. The Balaban J connectivity index is 2.33. The number of benzene rings is 2. The lowest BCUT2D eigenvalue weighted by Gasteiger charge is -2.10. The van der Waals surface area contributed by atoms with Crippen molar-refractivity contribution >= 4 is 34.8 Å². The van der Waals surface area contributed by atoms with E-state index in [2.05, 4.69) is 5.32 Å². The molecule has 2 aromatic carbocycles. The molecule has 0 saturated heterocycles. The molecule has 0 heterocycles. The molecule has 0 aliphatic rings. The Bertz CT molecular complexity index is 686. The van der Waals surface area contributed by atoms with E-state index in [4.69, 9.17) is 23.1 Å². The third-order valence-corrected chi connectivity index (χ3v) is 3.01. The van der Waals surface area contributed by atoms with Crippen LogP contribution in [-0.4, -0.2) is 11.8 Å². The van der Waals surface area contributed by atoms with Crippen molar-refractivity contribution < 1.29 is 9.59 Å². The van der Waals surface area contributed by atoms with E-state index in [0.29, 0.717) is 11.4 Å². The maximum absolute atomic E-state index is 12.2. The molecule has 20 heavy (non-hydrogen) atoms. The molecule has 6 heteroatoms. The number of nitrogen functional groups attached to an aromatic ring is 1. The van der Waals surface area contributed by atoms with Gasteiger partial charge in [-0.1, -0.05) is 23.7 Å². The lowest BCUT2D eigenvalue weighted by atomic mass is 10.1. The third kappa shape index (κ3) is 2.89. The largest absolute Gasteiger partial charge is 0.399 e.